The van der Waals surface area contributed by atoms with Crippen LogP contribution < -0.4 is 0 Å². The van der Waals surface area contributed by atoms with E-state index in [1.807, 2.05) is 12.1 Å². The van der Waals surface area contributed by atoms with Crippen molar-refractivity contribution in [1.82, 2.24) is 0 Å². The number of hydrogen-bond acceptors (Lipinski definition) is 0. The predicted octanol–water partition coefficient (Wildman–Crippen LogP) is 7.66. The van der Waals surface area contributed by atoms with Crippen LogP contribution in [0.2, 0.25) is 0 Å². The Morgan fingerprint density at radius 2 is 1.48 bits per heavy atom. The zero-order chi connectivity index (χ0) is 17.6. The standard InChI is InChI=1S/C24H37F/c1-3-5-18-7-9-19(10-8-18)20-11-13-21(14-12-20)23-16-15-22(6-4-2)24(25)17-23/h15-21H,3-14H2,1-2H3. The summed E-state index contributed by atoms with van der Waals surface area (Å²) >= 11 is 0. The van der Waals surface area contributed by atoms with Gasteiger partial charge in [0, 0.05) is 0 Å². The van der Waals surface area contributed by atoms with E-state index >= 15 is 0 Å². The second kappa shape index (κ2) is 9.19. The van der Waals surface area contributed by atoms with Gasteiger partial charge in [-0.3, -0.25) is 0 Å². The van der Waals surface area contributed by atoms with Crippen LogP contribution in [0, 0.1) is 23.6 Å². The van der Waals surface area contributed by atoms with E-state index < -0.39 is 0 Å². The largest absolute Gasteiger partial charge is 0.207 e. The highest BCUT2D eigenvalue weighted by atomic mass is 19.1. The Balaban J connectivity index is 1.50. The summed E-state index contributed by atoms with van der Waals surface area (Å²) in [5, 5.41) is 0. The molecule has 0 saturated heterocycles. The molecule has 1 heteroatoms. The zero-order valence-corrected chi connectivity index (χ0v) is 16.4. The van der Waals surface area contributed by atoms with Crippen LogP contribution in [0.25, 0.3) is 0 Å². The molecule has 2 fully saturated rings. The van der Waals surface area contributed by atoms with Crippen LogP contribution in [0.3, 0.4) is 0 Å². The lowest BCUT2D eigenvalue weighted by Gasteiger charge is -2.38. The van der Waals surface area contributed by atoms with Gasteiger partial charge in [-0.25, -0.2) is 4.39 Å². The van der Waals surface area contributed by atoms with Crippen molar-refractivity contribution in [2.75, 3.05) is 0 Å². The number of benzene rings is 1. The van der Waals surface area contributed by atoms with Gasteiger partial charge in [-0.15, -0.1) is 0 Å². The van der Waals surface area contributed by atoms with E-state index in [1.165, 1.54) is 69.8 Å². The lowest BCUT2D eigenvalue weighted by atomic mass is 9.68. The summed E-state index contributed by atoms with van der Waals surface area (Å²) in [6.45, 7) is 4.44. The van der Waals surface area contributed by atoms with Crippen molar-refractivity contribution < 1.29 is 4.39 Å². The van der Waals surface area contributed by atoms with Gasteiger partial charge in [0.15, 0.2) is 0 Å². The highest BCUT2D eigenvalue weighted by Gasteiger charge is 2.31. The minimum absolute atomic E-state index is 0.0238. The Kier molecular flexibility index (Phi) is 6.96. The van der Waals surface area contributed by atoms with Crippen molar-refractivity contribution in [2.24, 2.45) is 17.8 Å². The number of rotatable bonds is 6. The summed E-state index contributed by atoms with van der Waals surface area (Å²) in [7, 11) is 0. The maximum absolute atomic E-state index is 14.3. The molecule has 3 rings (SSSR count). The minimum atomic E-state index is 0.0238. The van der Waals surface area contributed by atoms with E-state index in [0.717, 1.165) is 36.2 Å². The second-order valence-corrected chi connectivity index (χ2v) is 8.78. The first-order valence-electron chi connectivity index (χ1n) is 11.0. The molecule has 1 aromatic rings. The molecule has 0 nitrogen and oxygen atoms in total. The van der Waals surface area contributed by atoms with Crippen LogP contribution >= 0.6 is 0 Å². The summed E-state index contributed by atoms with van der Waals surface area (Å²) < 4.78 is 14.3. The monoisotopic (exact) mass is 344 g/mol. The molecule has 2 aliphatic carbocycles. The molecule has 0 N–H and O–H groups in total. The van der Waals surface area contributed by atoms with Gasteiger partial charge in [-0.1, -0.05) is 58.1 Å². The molecule has 0 bridgehead atoms. The van der Waals surface area contributed by atoms with E-state index in [2.05, 4.69) is 19.9 Å². The number of aryl methyl sites for hydroxylation is 1. The number of halogens is 1. The molecule has 0 aliphatic heterocycles. The molecule has 25 heavy (non-hydrogen) atoms. The fourth-order valence-electron chi connectivity index (χ4n) is 5.57. The van der Waals surface area contributed by atoms with Crippen LogP contribution in [0.15, 0.2) is 18.2 Å². The highest BCUT2D eigenvalue weighted by molar-refractivity contribution is 5.27. The number of hydrogen-bond donors (Lipinski definition) is 0. The molecule has 140 valence electrons. The molecule has 0 heterocycles. The first kappa shape index (κ1) is 18.9. The third-order valence-corrected chi connectivity index (χ3v) is 7.09. The van der Waals surface area contributed by atoms with Gasteiger partial charge in [-0.05, 0) is 85.8 Å². The molecular formula is C24H37F. The molecule has 0 spiro atoms. The average molecular weight is 345 g/mol. The van der Waals surface area contributed by atoms with Crippen molar-refractivity contribution in [3.8, 4) is 0 Å². The normalized spacial score (nSPS) is 30.4. The van der Waals surface area contributed by atoms with E-state index in [4.69, 9.17) is 0 Å². The average Bonchev–Trinajstić information content (AvgIpc) is 2.65. The topological polar surface area (TPSA) is 0 Å². The van der Waals surface area contributed by atoms with E-state index in [9.17, 15) is 4.39 Å². The zero-order valence-electron chi connectivity index (χ0n) is 16.4. The van der Waals surface area contributed by atoms with Crippen LogP contribution in [-0.2, 0) is 6.42 Å². The van der Waals surface area contributed by atoms with Crippen molar-refractivity contribution >= 4 is 0 Å². The summed E-state index contributed by atoms with van der Waals surface area (Å²) in [6, 6.07) is 6.08. The smallest absolute Gasteiger partial charge is 0.126 e. The van der Waals surface area contributed by atoms with Gasteiger partial charge < -0.3 is 0 Å². The van der Waals surface area contributed by atoms with Gasteiger partial charge in [0.25, 0.3) is 0 Å². The Morgan fingerprint density at radius 1 is 0.840 bits per heavy atom. The first-order valence-corrected chi connectivity index (χ1v) is 11.0. The predicted molar refractivity (Wildman–Crippen MR) is 105 cm³/mol. The second-order valence-electron chi connectivity index (χ2n) is 8.78. The Bertz CT molecular complexity index is 519. The van der Waals surface area contributed by atoms with Gasteiger partial charge >= 0.3 is 0 Å². The van der Waals surface area contributed by atoms with E-state index in [-0.39, 0.29) is 5.82 Å². The van der Waals surface area contributed by atoms with Crippen LogP contribution in [0.5, 0.6) is 0 Å². The Morgan fingerprint density at radius 3 is 2.04 bits per heavy atom. The quantitative estimate of drug-likeness (QED) is 0.497. The van der Waals surface area contributed by atoms with Gasteiger partial charge in [0.05, 0.1) is 0 Å². The molecular weight excluding hydrogens is 307 g/mol. The van der Waals surface area contributed by atoms with Gasteiger partial charge in [-0.2, -0.15) is 0 Å². The van der Waals surface area contributed by atoms with Gasteiger partial charge in [0.2, 0.25) is 0 Å². The minimum Gasteiger partial charge on any atom is -0.207 e. The fraction of sp³-hybridized carbons (Fsp3) is 0.750. The molecule has 1 aromatic carbocycles. The van der Waals surface area contributed by atoms with Crippen molar-refractivity contribution in [1.29, 1.82) is 0 Å². The lowest BCUT2D eigenvalue weighted by molar-refractivity contribution is 0.156. The Hall–Kier alpha value is -0.850. The van der Waals surface area contributed by atoms with Crippen LogP contribution in [-0.4, -0.2) is 0 Å². The third kappa shape index (κ3) is 4.86. The molecule has 0 radical (unpaired) electrons. The fourth-order valence-corrected chi connectivity index (χ4v) is 5.57. The van der Waals surface area contributed by atoms with Crippen molar-refractivity contribution in [2.45, 2.75) is 96.8 Å². The van der Waals surface area contributed by atoms with E-state index in [1.54, 1.807) is 0 Å². The maximum atomic E-state index is 14.3. The Labute approximate surface area is 154 Å². The van der Waals surface area contributed by atoms with Crippen LogP contribution in [0.4, 0.5) is 4.39 Å². The van der Waals surface area contributed by atoms with Crippen molar-refractivity contribution in [3.05, 3.63) is 35.1 Å². The third-order valence-electron chi connectivity index (χ3n) is 7.09. The summed E-state index contributed by atoms with van der Waals surface area (Å²) in [6.07, 6.45) is 15.8. The van der Waals surface area contributed by atoms with Crippen molar-refractivity contribution in [3.63, 3.8) is 0 Å². The SMILES string of the molecule is CCCc1ccc(C2CCC(C3CCC(CCC)CC3)CC2)cc1F. The summed E-state index contributed by atoms with van der Waals surface area (Å²) in [5.41, 5.74) is 2.14. The molecule has 2 saturated carbocycles. The molecule has 0 atom stereocenters. The summed E-state index contributed by atoms with van der Waals surface area (Å²) in [5.74, 6) is 3.57. The highest BCUT2D eigenvalue weighted by Crippen LogP contribution is 2.44. The molecule has 0 unspecified atom stereocenters. The molecule has 0 aromatic heterocycles. The molecule has 0 amide bonds. The van der Waals surface area contributed by atoms with Gasteiger partial charge in [0.1, 0.15) is 5.82 Å². The lowest BCUT2D eigenvalue weighted by Crippen LogP contribution is -2.25. The maximum Gasteiger partial charge on any atom is 0.126 e. The van der Waals surface area contributed by atoms with Crippen LogP contribution in [0.1, 0.15) is 102 Å². The summed E-state index contributed by atoms with van der Waals surface area (Å²) in [4.78, 5) is 0. The molecule has 2 aliphatic rings. The first-order chi connectivity index (χ1) is 12.2. The van der Waals surface area contributed by atoms with E-state index in [0.29, 0.717) is 5.92 Å².